The fourth-order valence-corrected chi connectivity index (χ4v) is 4.97. The number of esters is 2. The Morgan fingerprint density at radius 2 is 1.95 bits per heavy atom. The predicted molar refractivity (Wildman–Crippen MR) is 133 cm³/mol. The van der Waals surface area contributed by atoms with Crippen molar-refractivity contribution in [2.75, 3.05) is 11.9 Å². The van der Waals surface area contributed by atoms with E-state index in [9.17, 15) is 14.7 Å². The molecule has 12 heteroatoms. The molecule has 11 nitrogen and oxygen atoms in total. The second kappa shape index (κ2) is 11.0. The lowest BCUT2D eigenvalue weighted by Gasteiger charge is -2.26. The molecule has 3 atom stereocenters. The third-order valence-corrected chi connectivity index (χ3v) is 6.75. The van der Waals surface area contributed by atoms with Gasteiger partial charge < -0.3 is 24.6 Å². The number of fused-ring (bicyclic) bond motifs is 1. The molecule has 1 aliphatic carbocycles. The number of rotatable bonds is 7. The first-order valence-corrected chi connectivity index (χ1v) is 12.6. The van der Waals surface area contributed by atoms with Crippen LogP contribution in [-0.4, -0.2) is 67.5 Å². The van der Waals surface area contributed by atoms with E-state index < -0.39 is 30.4 Å². The summed E-state index contributed by atoms with van der Waals surface area (Å²) < 4.78 is 18.8. The van der Waals surface area contributed by atoms with Gasteiger partial charge in [0, 0.05) is 19.4 Å². The van der Waals surface area contributed by atoms with Crippen LogP contribution < -0.4 is 5.32 Å². The molecule has 196 valence electrons. The fourth-order valence-electron chi connectivity index (χ4n) is 4.80. The van der Waals surface area contributed by atoms with Gasteiger partial charge in [-0.1, -0.05) is 18.2 Å². The topological polar surface area (TPSA) is 138 Å². The summed E-state index contributed by atoms with van der Waals surface area (Å²) in [5.74, 6) is -0.430. The van der Waals surface area contributed by atoms with Gasteiger partial charge in [-0.2, -0.15) is 9.97 Å². The summed E-state index contributed by atoms with van der Waals surface area (Å²) >= 11 is 6.27. The third kappa shape index (κ3) is 5.84. The average Bonchev–Trinajstić information content (AvgIpc) is 3.47. The second-order valence-electron chi connectivity index (χ2n) is 9.31. The van der Waals surface area contributed by atoms with Gasteiger partial charge >= 0.3 is 11.9 Å². The lowest BCUT2D eigenvalue weighted by Crippen LogP contribution is -2.28. The third-order valence-electron chi connectivity index (χ3n) is 6.58. The molecule has 1 saturated heterocycles. The van der Waals surface area contributed by atoms with Gasteiger partial charge in [0.15, 0.2) is 23.2 Å². The molecule has 2 aliphatic rings. The van der Waals surface area contributed by atoms with Crippen LogP contribution in [0.4, 0.5) is 5.82 Å². The number of benzene rings is 1. The van der Waals surface area contributed by atoms with Gasteiger partial charge in [0.1, 0.15) is 12.7 Å². The number of ether oxygens (including phenoxy) is 3. The largest absolute Gasteiger partial charge is 0.459 e. The summed E-state index contributed by atoms with van der Waals surface area (Å²) in [7, 11) is 0. The molecule has 2 aromatic heterocycles. The van der Waals surface area contributed by atoms with Gasteiger partial charge in [-0.15, -0.1) is 0 Å². The number of aromatic nitrogens is 4. The number of hydrogen-bond acceptors (Lipinski definition) is 10. The van der Waals surface area contributed by atoms with Crippen LogP contribution in [0.15, 0.2) is 36.7 Å². The zero-order chi connectivity index (χ0) is 25.9. The van der Waals surface area contributed by atoms with Crippen LogP contribution in [0.3, 0.4) is 0 Å². The highest BCUT2D eigenvalue weighted by Crippen LogP contribution is 2.35. The van der Waals surface area contributed by atoms with E-state index >= 15 is 0 Å². The number of nitrogens with zero attached hydrogens (tertiary/aromatic N) is 4. The van der Waals surface area contributed by atoms with Crippen LogP contribution >= 0.6 is 11.6 Å². The monoisotopic (exact) mass is 529 g/mol. The van der Waals surface area contributed by atoms with Crippen molar-refractivity contribution in [3.63, 3.8) is 0 Å². The van der Waals surface area contributed by atoms with Gasteiger partial charge in [0.2, 0.25) is 5.28 Å². The van der Waals surface area contributed by atoms with Gasteiger partial charge in [-0.3, -0.25) is 9.36 Å². The van der Waals surface area contributed by atoms with E-state index in [0.717, 1.165) is 12.8 Å². The molecule has 37 heavy (non-hydrogen) atoms. The number of nitrogens with one attached hydrogen (secondary N) is 1. The van der Waals surface area contributed by atoms with Gasteiger partial charge in [-0.05, 0) is 49.4 Å². The number of aliphatic hydroxyl groups excluding tert-OH is 1. The lowest BCUT2D eigenvalue weighted by molar-refractivity contribution is -0.152. The average molecular weight is 530 g/mol. The SMILES string of the molecule is CC(=O)OC1CC(COC(=O)c2ccccc2)OC1n1cnc2c(NC3CCC(O)CC3)nc(Cl)nc21. The maximum atomic E-state index is 12.4. The highest BCUT2D eigenvalue weighted by Gasteiger charge is 2.40. The van der Waals surface area contributed by atoms with E-state index in [4.69, 9.17) is 25.8 Å². The number of halogens is 1. The number of carbonyl (C=O) groups is 2. The maximum absolute atomic E-state index is 12.4. The predicted octanol–water partition coefficient (Wildman–Crippen LogP) is 3.27. The minimum atomic E-state index is -0.752. The van der Waals surface area contributed by atoms with Crippen molar-refractivity contribution < 1.29 is 28.9 Å². The van der Waals surface area contributed by atoms with E-state index in [-0.39, 0.29) is 24.0 Å². The van der Waals surface area contributed by atoms with E-state index in [1.807, 2.05) is 6.07 Å². The minimum absolute atomic E-state index is 0.00923. The van der Waals surface area contributed by atoms with Crippen molar-refractivity contribution in [3.8, 4) is 0 Å². The summed E-state index contributed by atoms with van der Waals surface area (Å²) in [6.45, 7) is 1.32. The molecule has 0 bridgehead atoms. The minimum Gasteiger partial charge on any atom is -0.459 e. The summed E-state index contributed by atoms with van der Waals surface area (Å²) in [6.07, 6.45) is 2.70. The maximum Gasteiger partial charge on any atom is 0.338 e. The Balaban J connectivity index is 1.35. The normalized spacial score (nSPS) is 25.6. The van der Waals surface area contributed by atoms with Crippen molar-refractivity contribution in [1.29, 1.82) is 0 Å². The van der Waals surface area contributed by atoms with Crippen molar-refractivity contribution in [2.45, 2.75) is 69.6 Å². The number of carbonyl (C=O) groups excluding carboxylic acids is 2. The summed E-state index contributed by atoms with van der Waals surface area (Å²) in [5.41, 5.74) is 1.36. The van der Waals surface area contributed by atoms with Gasteiger partial charge in [-0.25, -0.2) is 9.78 Å². The van der Waals surface area contributed by atoms with Crippen LogP contribution in [0.1, 0.15) is 55.6 Å². The molecule has 3 unspecified atom stereocenters. The molecule has 2 N–H and O–H groups in total. The smallest absolute Gasteiger partial charge is 0.338 e. The lowest BCUT2D eigenvalue weighted by atomic mass is 9.93. The van der Waals surface area contributed by atoms with Crippen molar-refractivity contribution >= 4 is 40.5 Å². The van der Waals surface area contributed by atoms with Crippen molar-refractivity contribution in [1.82, 2.24) is 19.5 Å². The molecule has 3 aromatic rings. The quantitative estimate of drug-likeness (QED) is 0.346. The van der Waals surface area contributed by atoms with Gasteiger partial charge in [0.05, 0.1) is 24.1 Å². The highest BCUT2D eigenvalue weighted by atomic mass is 35.5. The molecule has 0 radical (unpaired) electrons. The number of aliphatic hydroxyl groups is 1. The van der Waals surface area contributed by atoms with Gasteiger partial charge in [0.25, 0.3) is 0 Å². The van der Waals surface area contributed by atoms with E-state index in [1.165, 1.54) is 6.92 Å². The van der Waals surface area contributed by atoms with Crippen LogP contribution in [0, 0.1) is 0 Å². The first-order chi connectivity index (χ1) is 17.9. The molecule has 0 amide bonds. The number of hydrogen-bond donors (Lipinski definition) is 2. The molecule has 1 aromatic carbocycles. The highest BCUT2D eigenvalue weighted by molar-refractivity contribution is 6.28. The van der Waals surface area contributed by atoms with E-state index in [2.05, 4.69) is 20.3 Å². The Morgan fingerprint density at radius 1 is 1.19 bits per heavy atom. The second-order valence-corrected chi connectivity index (χ2v) is 9.65. The summed E-state index contributed by atoms with van der Waals surface area (Å²) in [6, 6.07) is 8.80. The molecular weight excluding hydrogens is 502 g/mol. The standard InChI is InChI=1S/C25H28ClN5O6/c1-14(32)36-19-11-18(12-35-24(34)15-5-3-2-4-6-15)37-23(19)31-13-27-20-21(29-25(26)30-22(20)31)28-16-7-9-17(33)10-8-16/h2-6,13,16-19,23,33H,7-12H2,1H3,(H,28,29,30). The number of anilines is 1. The van der Waals surface area contributed by atoms with Crippen LogP contribution in [0.2, 0.25) is 5.28 Å². The molecule has 1 aliphatic heterocycles. The van der Waals surface area contributed by atoms with E-state index in [0.29, 0.717) is 41.8 Å². The molecule has 5 rings (SSSR count). The first kappa shape index (κ1) is 25.4. The van der Waals surface area contributed by atoms with Crippen molar-refractivity contribution in [2.24, 2.45) is 0 Å². The van der Waals surface area contributed by atoms with Crippen LogP contribution in [0.25, 0.3) is 11.2 Å². The number of imidazole rings is 1. The Bertz CT molecular complexity index is 1260. The van der Waals surface area contributed by atoms with Crippen LogP contribution in [-0.2, 0) is 19.0 Å². The Kier molecular flexibility index (Phi) is 7.54. The molecule has 0 spiro atoms. The zero-order valence-corrected chi connectivity index (χ0v) is 21.0. The first-order valence-electron chi connectivity index (χ1n) is 12.3. The molecule has 2 fully saturated rings. The van der Waals surface area contributed by atoms with E-state index in [1.54, 1.807) is 35.2 Å². The molecule has 3 heterocycles. The Morgan fingerprint density at radius 3 is 2.68 bits per heavy atom. The zero-order valence-electron chi connectivity index (χ0n) is 20.2. The molecular formula is C25H28ClN5O6. The Hall–Kier alpha value is -3.28. The summed E-state index contributed by atoms with van der Waals surface area (Å²) in [4.78, 5) is 37.4. The van der Waals surface area contributed by atoms with Crippen molar-refractivity contribution in [3.05, 3.63) is 47.5 Å². The summed E-state index contributed by atoms with van der Waals surface area (Å²) in [5, 5.41) is 13.2. The molecule has 1 saturated carbocycles. The fraction of sp³-hybridized carbons (Fsp3) is 0.480. The van der Waals surface area contributed by atoms with Crippen LogP contribution in [0.5, 0.6) is 0 Å². The Labute approximate surface area is 218 Å².